The number of halogens is 1. The van der Waals surface area contributed by atoms with Crippen LogP contribution in [0.2, 0.25) is 0 Å². The maximum atomic E-state index is 12.9. The molecule has 2 aromatic rings. The molecule has 0 aliphatic rings. The van der Waals surface area contributed by atoms with Crippen molar-refractivity contribution in [1.29, 1.82) is 0 Å². The molecule has 0 saturated carbocycles. The molecule has 1 unspecified atom stereocenters. The van der Waals surface area contributed by atoms with Gasteiger partial charge in [-0.25, -0.2) is 0 Å². The summed E-state index contributed by atoms with van der Waals surface area (Å²) in [6.07, 6.45) is 1.65. The number of aromatic nitrogens is 1. The van der Waals surface area contributed by atoms with E-state index < -0.39 is 0 Å². The second-order valence-electron chi connectivity index (χ2n) is 6.89. The summed E-state index contributed by atoms with van der Waals surface area (Å²) in [6.45, 7) is 10.8. The summed E-state index contributed by atoms with van der Waals surface area (Å²) < 4.78 is 2.23. The predicted molar refractivity (Wildman–Crippen MR) is 111 cm³/mol. The average Bonchev–Trinajstić information content (AvgIpc) is 2.94. The molecule has 3 N–H and O–H groups in total. The van der Waals surface area contributed by atoms with E-state index in [0.29, 0.717) is 6.54 Å². The minimum atomic E-state index is -0.329. The molecule has 1 atom stereocenters. The monoisotopic (exact) mass is 377 g/mol. The molecule has 1 aromatic carbocycles. The number of carbonyl (C=O) groups is 1. The van der Waals surface area contributed by atoms with Crippen molar-refractivity contribution in [2.45, 2.75) is 59.0 Å². The molecule has 144 valence electrons. The summed E-state index contributed by atoms with van der Waals surface area (Å²) >= 11 is 0. The number of carbonyl (C=O) groups excluding carboxylic acids is 1. The molecule has 0 bridgehead atoms. The topological polar surface area (TPSA) is 60.0 Å². The van der Waals surface area contributed by atoms with Crippen molar-refractivity contribution in [2.24, 2.45) is 5.73 Å². The highest BCUT2D eigenvalue weighted by Crippen LogP contribution is 2.26. The van der Waals surface area contributed by atoms with Gasteiger partial charge in [0.2, 0.25) is 0 Å². The minimum Gasteiger partial charge on any atom is -0.345 e. The van der Waals surface area contributed by atoms with Gasteiger partial charge in [-0.15, -0.1) is 12.4 Å². The van der Waals surface area contributed by atoms with E-state index in [1.807, 2.05) is 31.2 Å². The number of rotatable bonds is 7. The zero-order valence-electron chi connectivity index (χ0n) is 16.5. The van der Waals surface area contributed by atoms with E-state index in [4.69, 9.17) is 5.73 Å². The van der Waals surface area contributed by atoms with Crippen LogP contribution in [0.4, 0.5) is 0 Å². The average molecular weight is 378 g/mol. The highest BCUT2D eigenvalue weighted by molar-refractivity contribution is 5.96. The number of benzene rings is 1. The number of nitrogens with two attached hydrogens (primary N) is 1. The van der Waals surface area contributed by atoms with Crippen LogP contribution in [-0.2, 0) is 0 Å². The van der Waals surface area contributed by atoms with Crippen molar-refractivity contribution in [3.63, 3.8) is 0 Å². The summed E-state index contributed by atoms with van der Waals surface area (Å²) in [5.41, 5.74) is 9.65. The molecule has 0 aliphatic carbocycles. The normalized spacial score (nSPS) is 12.4. The lowest BCUT2D eigenvalue weighted by Crippen LogP contribution is -2.52. The molecule has 0 saturated heterocycles. The Labute approximate surface area is 163 Å². The molecule has 1 amide bonds. The quantitative estimate of drug-likeness (QED) is 0.751. The summed E-state index contributed by atoms with van der Waals surface area (Å²) in [6, 6.07) is 12.5. The lowest BCUT2D eigenvalue weighted by atomic mass is 9.92. The highest BCUT2D eigenvalue weighted by Gasteiger charge is 2.28. The number of nitrogens with zero attached hydrogens (tertiary/aromatic N) is 1. The minimum absolute atomic E-state index is 0. The second-order valence-corrected chi connectivity index (χ2v) is 6.89. The van der Waals surface area contributed by atoms with Crippen molar-refractivity contribution in [3.8, 4) is 0 Å². The van der Waals surface area contributed by atoms with Crippen LogP contribution in [0.3, 0.4) is 0 Å². The van der Waals surface area contributed by atoms with Crippen LogP contribution in [0.25, 0.3) is 0 Å². The number of hydrogen-bond donors (Lipinski definition) is 2. The Morgan fingerprint density at radius 3 is 2.27 bits per heavy atom. The molecular formula is C21H32ClN3O. The Kier molecular flexibility index (Phi) is 7.91. The van der Waals surface area contributed by atoms with E-state index in [2.05, 4.69) is 49.7 Å². The lowest BCUT2D eigenvalue weighted by molar-refractivity contribution is 0.0894. The van der Waals surface area contributed by atoms with Gasteiger partial charge in [-0.05, 0) is 45.2 Å². The van der Waals surface area contributed by atoms with Crippen LogP contribution in [0, 0.1) is 13.8 Å². The standard InChI is InChI=1S/C21H31N3O.ClH/c1-6-21(7-2,14-22)23-20(25)19-13-15(3)24(17(19)5)16(4)18-11-9-8-10-12-18;/h8-13,16H,6-7,14,22H2,1-5H3,(H,23,25);1H. The predicted octanol–water partition coefficient (Wildman–Crippen LogP) is 4.38. The number of nitrogens with one attached hydrogen (secondary N) is 1. The summed E-state index contributed by atoms with van der Waals surface area (Å²) in [4.78, 5) is 12.9. The van der Waals surface area contributed by atoms with Crippen molar-refractivity contribution in [3.05, 3.63) is 58.9 Å². The molecule has 2 rings (SSSR count). The smallest absolute Gasteiger partial charge is 0.253 e. The van der Waals surface area contributed by atoms with Crippen molar-refractivity contribution < 1.29 is 4.79 Å². The Morgan fingerprint density at radius 1 is 1.19 bits per heavy atom. The van der Waals surface area contributed by atoms with Crippen LogP contribution < -0.4 is 11.1 Å². The molecule has 4 nitrogen and oxygen atoms in total. The van der Waals surface area contributed by atoms with Crippen LogP contribution in [0.1, 0.15) is 67.0 Å². The number of amides is 1. The summed E-state index contributed by atoms with van der Waals surface area (Å²) in [5, 5.41) is 3.18. The maximum Gasteiger partial charge on any atom is 0.253 e. The van der Waals surface area contributed by atoms with Gasteiger partial charge < -0.3 is 15.6 Å². The SMILES string of the molecule is CCC(CC)(CN)NC(=O)c1cc(C)n(C(C)c2ccccc2)c1C.Cl. The summed E-state index contributed by atoms with van der Waals surface area (Å²) in [5.74, 6) is -0.0336. The molecule has 0 fully saturated rings. The Morgan fingerprint density at radius 2 is 1.77 bits per heavy atom. The molecule has 0 aliphatic heterocycles. The van der Waals surface area contributed by atoms with Crippen LogP contribution in [-0.4, -0.2) is 22.6 Å². The van der Waals surface area contributed by atoms with Gasteiger partial charge >= 0.3 is 0 Å². The van der Waals surface area contributed by atoms with E-state index in [1.54, 1.807) is 0 Å². The van der Waals surface area contributed by atoms with Gasteiger partial charge in [0.05, 0.1) is 17.1 Å². The second kappa shape index (κ2) is 9.24. The number of hydrogen-bond acceptors (Lipinski definition) is 2. The number of aryl methyl sites for hydroxylation is 1. The largest absolute Gasteiger partial charge is 0.345 e. The van der Waals surface area contributed by atoms with Gasteiger partial charge in [0.15, 0.2) is 0 Å². The zero-order chi connectivity index (χ0) is 18.6. The first-order valence-electron chi connectivity index (χ1n) is 9.15. The van der Waals surface area contributed by atoms with Crippen molar-refractivity contribution >= 4 is 18.3 Å². The lowest BCUT2D eigenvalue weighted by Gasteiger charge is -2.31. The maximum absolute atomic E-state index is 12.9. The Bertz CT molecular complexity index is 712. The van der Waals surface area contributed by atoms with E-state index in [0.717, 1.165) is 29.8 Å². The van der Waals surface area contributed by atoms with E-state index in [1.165, 1.54) is 5.56 Å². The van der Waals surface area contributed by atoms with Crippen LogP contribution in [0.5, 0.6) is 0 Å². The first-order chi connectivity index (χ1) is 11.9. The van der Waals surface area contributed by atoms with Gasteiger partial charge in [-0.1, -0.05) is 44.2 Å². The van der Waals surface area contributed by atoms with Crippen LogP contribution >= 0.6 is 12.4 Å². The first kappa shape index (κ1) is 22.3. The van der Waals surface area contributed by atoms with Gasteiger partial charge in [0, 0.05) is 17.9 Å². The molecule has 1 aromatic heterocycles. The van der Waals surface area contributed by atoms with Gasteiger partial charge in [-0.3, -0.25) is 4.79 Å². The third-order valence-corrected chi connectivity index (χ3v) is 5.52. The fourth-order valence-electron chi connectivity index (χ4n) is 3.56. The third-order valence-electron chi connectivity index (χ3n) is 5.52. The molecular weight excluding hydrogens is 346 g/mol. The Balaban J connectivity index is 0.00000338. The van der Waals surface area contributed by atoms with Crippen molar-refractivity contribution in [1.82, 2.24) is 9.88 Å². The van der Waals surface area contributed by atoms with Crippen LogP contribution in [0.15, 0.2) is 36.4 Å². The molecule has 0 spiro atoms. The first-order valence-corrected chi connectivity index (χ1v) is 9.15. The Hall–Kier alpha value is -1.78. The fraction of sp³-hybridized carbons (Fsp3) is 0.476. The van der Waals surface area contributed by atoms with Crippen molar-refractivity contribution in [2.75, 3.05) is 6.54 Å². The van der Waals surface area contributed by atoms with Gasteiger partial charge in [0.25, 0.3) is 5.91 Å². The molecule has 1 heterocycles. The van der Waals surface area contributed by atoms with E-state index in [-0.39, 0.29) is 29.9 Å². The van der Waals surface area contributed by atoms with E-state index in [9.17, 15) is 4.79 Å². The summed E-state index contributed by atoms with van der Waals surface area (Å²) in [7, 11) is 0. The highest BCUT2D eigenvalue weighted by atomic mass is 35.5. The molecule has 0 radical (unpaired) electrons. The molecule has 5 heteroatoms. The van der Waals surface area contributed by atoms with E-state index >= 15 is 0 Å². The van der Waals surface area contributed by atoms with Gasteiger partial charge in [-0.2, -0.15) is 0 Å². The fourth-order valence-corrected chi connectivity index (χ4v) is 3.56. The zero-order valence-corrected chi connectivity index (χ0v) is 17.3. The third kappa shape index (κ3) is 4.30. The molecule has 26 heavy (non-hydrogen) atoms. The van der Waals surface area contributed by atoms with Gasteiger partial charge in [0.1, 0.15) is 0 Å².